The van der Waals surface area contributed by atoms with Gasteiger partial charge in [0.25, 0.3) is 0 Å². The maximum absolute atomic E-state index is 13.0. The maximum Gasteiger partial charge on any atom is 0.338 e. The van der Waals surface area contributed by atoms with E-state index in [4.69, 9.17) is 4.74 Å². The molecule has 1 unspecified atom stereocenters. The van der Waals surface area contributed by atoms with Crippen molar-refractivity contribution in [1.82, 2.24) is 15.6 Å². The largest absolute Gasteiger partial charge is 0.463 e. The molecule has 0 aliphatic carbocycles. The molecular formula is C25H25N3O3S. The molecular weight excluding hydrogens is 422 g/mol. The summed E-state index contributed by atoms with van der Waals surface area (Å²) in [7, 11) is 0. The number of carbonyl (C=O) groups excluding carboxylic acids is 2. The summed E-state index contributed by atoms with van der Waals surface area (Å²) < 4.78 is 5.37. The van der Waals surface area contributed by atoms with E-state index < -0.39 is 12.0 Å². The van der Waals surface area contributed by atoms with E-state index in [-0.39, 0.29) is 12.6 Å². The molecule has 7 heteroatoms. The number of aromatic nitrogens is 1. The van der Waals surface area contributed by atoms with E-state index in [1.165, 1.54) is 11.8 Å². The summed E-state index contributed by atoms with van der Waals surface area (Å²) in [5, 5.41) is 7.61. The van der Waals surface area contributed by atoms with E-state index in [1.54, 1.807) is 6.92 Å². The number of esters is 1. The lowest BCUT2D eigenvalue weighted by Crippen LogP contribution is -2.46. The van der Waals surface area contributed by atoms with Gasteiger partial charge in [0.2, 0.25) is 0 Å². The second-order valence-electron chi connectivity index (χ2n) is 7.64. The quantitative estimate of drug-likeness (QED) is 0.419. The van der Waals surface area contributed by atoms with Crippen LogP contribution in [0.2, 0.25) is 0 Å². The van der Waals surface area contributed by atoms with Crippen molar-refractivity contribution in [2.75, 3.05) is 12.4 Å². The van der Waals surface area contributed by atoms with Crippen LogP contribution in [0.1, 0.15) is 29.7 Å². The van der Waals surface area contributed by atoms with Gasteiger partial charge in [-0.25, -0.2) is 14.6 Å². The van der Waals surface area contributed by atoms with Gasteiger partial charge in [-0.3, -0.25) is 0 Å². The zero-order valence-electron chi connectivity index (χ0n) is 18.3. The van der Waals surface area contributed by atoms with Crippen LogP contribution in [0.3, 0.4) is 0 Å². The molecule has 4 rings (SSSR count). The van der Waals surface area contributed by atoms with Gasteiger partial charge in [0.1, 0.15) is 0 Å². The molecule has 0 spiro atoms. The van der Waals surface area contributed by atoms with Gasteiger partial charge >= 0.3 is 12.0 Å². The number of aryl methyl sites for hydroxylation is 2. The second-order valence-corrected chi connectivity index (χ2v) is 8.63. The molecule has 1 aromatic heterocycles. The van der Waals surface area contributed by atoms with Crippen molar-refractivity contribution in [3.05, 3.63) is 82.6 Å². The van der Waals surface area contributed by atoms with Crippen LogP contribution in [0.5, 0.6) is 0 Å². The predicted octanol–water partition coefficient (Wildman–Crippen LogP) is 4.82. The first-order valence-corrected chi connectivity index (χ1v) is 11.5. The summed E-state index contributed by atoms with van der Waals surface area (Å²) in [6.45, 7) is 5.98. The third-order valence-corrected chi connectivity index (χ3v) is 6.29. The molecule has 1 aliphatic heterocycles. The summed E-state index contributed by atoms with van der Waals surface area (Å²) in [4.78, 5) is 30.2. The minimum absolute atomic E-state index is 0.252. The van der Waals surface area contributed by atoms with Gasteiger partial charge in [-0.2, -0.15) is 0 Å². The van der Waals surface area contributed by atoms with E-state index in [0.717, 1.165) is 32.6 Å². The monoisotopic (exact) mass is 447 g/mol. The molecule has 1 atom stereocenters. The van der Waals surface area contributed by atoms with Crippen molar-refractivity contribution in [3.63, 3.8) is 0 Å². The number of carbonyl (C=O) groups is 2. The van der Waals surface area contributed by atoms with Crippen molar-refractivity contribution in [2.24, 2.45) is 0 Å². The van der Waals surface area contributed by atoms with Crippen LogP contribution in [0.15, 0.2) is 70.9 Å². The summed E-state index contributed by atoms with van der Waals surface area (Å²) in [6, 6.07) is 17.0. The standard InChI is InChI=1S/C25H25N3O3S/c1-4-31-24(29)22-20(14-32-21-12-11-17-7-5-6-8-19(17)26-21)27-25(30)28-23(22)18-13-15(2)9-10-16(18)3/h5-13,23H,4,14H2,1-3H3,(H2,27,28,30). The van der Waals surface area contributed by atoms with Crippen molar-refractivity contribution in [1.29, 1.82) is 0 Å². The maximum atomic E-state index is 13.0. The van der Waals surface area contributed by atoms with E-state index in [0.29, 0.717) is 17.0 Å². The summed E-state index contributed by atoms with van der Waals surface area (Å²) in [5.74, 6) is -0.0539. The van der Waals surface area contributed by atoms with E-state index in [9.17, 15) is 9.59 Å². The normalized spacial score (nSPS) is 16.0. The second kappa shape index (κ2) is 9.44. The fourth-order valence-corrected chi connectivity index (χ4v) is 4.61. The first kappa shape index (κ1) is 21.9. The molecule has 32 heavy (non-hydrogen) atoms. The Bertz CT molecular complexity index is 1220. The van der Waals surface area contributed by atoms with Crippen LogP contribution in [-0.4, -0.2) is 29.3 Å². The lowest BCUT2D eigenvalue weighted by atomic mass is 9.91. The summed E-state index contributed by atoms with van der Waals surface area (Å²) in [6.07, 6.45) is 0. The number of thioether (sulfide) groups is 1. The first-order chi connectivity index (χ1) is 15.5. The van der Waals surface area contributed by atoms with Crippen molar-refractivity contribution < 1.29 is 14.3 Å². The molecule has 2 heterocycles. The Hall–Kier alpha value is -3.32. The van der Waals surface area contributed by atoms with E-state index in [1.807, 2.05) is 68.4 Å². The van der Waals surface area contributed by atoms with E-state index >= 15 is 0 Å². The highest BCUT2D eigenvalue weighted by Gasteiger charge is 2.34. The van der Waals surface area contributed by atoms with Crippen LogP contribution in [0, 0.1) is 13.8 Å². The highest BCUT2D eigenvalue weighted by molar-refractivity contribution is 7.99. The number of ether oxygens (including phenoxy) is 1. The van der Waals surface area contributed by atoms with Crippen molar-refractivity contribution >= 4 is 34.7 Å². The molecule has 0 bridgehead atoms. The lowest BCUT2D eigenvalue weighted by molar-refractivity contribution is -0.139. The number of amides is 2. The molecule has 1 aliphatic rings. The Morgan fingerprint density at radius 3 is 2.75 bits per heavy atom. The van der Waals surface area contributed by atoms with Crippen LogP contribution in [-0.2, 0) is 9.53 Å². The number of hydrogen-bond acceptors (Lipinski definition) is 5. The molecule has 0 fully saturated rings. The number of urea groups is 1. The number of fused-ring (bicyclic) bond motifs is 1. The molecule has 2 amide bonds. The predicted molar refractivity (Wildman–Crippen MR) is 126 cm³/mol. The molecule has 2 N–H and O–H groups in total. The number of pyridine rings is 1. The van der Waals surface area contributed by atoms with Gasteiger partial charge in [0, 0.05) is 16.8 Å². The minimum atomic E-state index is -0.581. The highest BCUT2D eigenvalue weighted by Crippen LogP contribution is 2.32. The van der Waals surface area contributed by atoms with E-state index in [2.05, 4.69) is 15.6 Å². The summed E-state index contributed by atoms with van der Waals surface area (Å²) >= 11 is 1.47. The molecule has 164 valence electrons. The zero-order chi connectivity index (χ0) is 22.7. The fraction of sp³-hybridized carbons (Fsp3) is 0.240. The van der Waals surface area contributed by atoms with Gasteiger partial charge in [0.15, 0.2) is 0 Å². The Morgan fingerprint density at radius 2 is 1.94 bits per heavy atom. The number of rotatable bonds is 6. The van der Waals surface area contributed by atoms with Crippen molar-refractivity contribution in [3.8, 4) is 0 Å². The highest BCUT2D eigenvalue weighted by atomic mass is 32.2. The molecule has 6 nitrogen and oxygen atoms in total. The number of hydrogen-bond donors (Lipinski definition) is 2. The minimum Gasteiger partial charge on any atom is -0.463 e. The SMILES string of the molecule is CCOC(=O)C1=C(CSc2ccc3ccccc3n2)NC(=O)NC1c1cc(C)ccc1C. The van der Waals surface area contributed by atoms with Crippen molar-refractivity contribution in [2.45, 2.75) is 31.8 Å². The molecule has 3 aromatic rings. The third kappa shape index (κ3) is 4.62. The number of nitrogens with one attached hydrogen (secondary N) is 2. The van der Waals surface area contributed by atoms with Crippen LogP contribution < -0.4 is 10.6 Å². The van der Waals surface area contributed by atoms with Crippen LogP contribution in [0.25, 0.3) is 10.9 Å². The molecule has 0 saturated carbocycles. The molecule has 0 radical (unpaired) electrons. The van der Waals surface area contributed by atoms with Gasteiger partial charge < -0.3 is 15.4 Å². The van der Waals surface area contributed by atoms with Gasteiger partial charge in [-0.05, 0) is 44.0 Å². The Labute approximate surface area is 191 Å². The molecule has 2 aromatic carbocycles. The number of benzene rings is 2. The van der Waals surface area contributed by atoms with Gasteiger partial charge in [0.05, 0.1) is 28.8 Å². The topological polar surface area (TPSA) is 80.3 Å². The lowest BCUT2D eigenvalue weighted by Gasteiger charge is -2.30. The fourth-order valence-electron chi connectivity index (χ4n) is 3.76. The first-order valence-electron chi connectivity index (χ1n) is 10.5. The third-order valence-electron chi connectivity index (χ3n) is 5.33. The summed E-state index contributed by atoms with van der Waals surface area (Å²) in [5.41, 5.74) is 4.80. The smallest absolute Gasteiger partial charge is 0.338 e. The van der Waals surface area contributed by atoms with Crippen LogP contribution in [0.4, 0.5) is 4.79 Å². The Balaban J connectivity index is 1.71. The van der Waals surface area contributed by atoms with Crippen LogP contribution >= 0.6 is 11.8 Å². The average molecular weight is 448 g/mol. The molecule has 0 saturated heterocycles. The zero-order valence-corrected chi connectivity index (χ0v) is 19.1. The van der Waals surface area contributed by atoms with Gasteiger partial charge in [-0.1, -0.05) is 48.0 Å². The van der Waals surface area contributed by atoms with Gasteiger partial charge in [-0.15, -0.1) is 11.8 Å². The number of para-hydroxylation sites is 1. The Kier molecular flexibility index (Phi) is 6.46. The number of nitrogens with zero attached hydrogens (tertiary/aromatic N) is 1. The Morgan fingerprint density at radius 1 is 1.12 bits per heavy atom. The average Bonchev–Trinajstić information content (AvgIpc) is 2.78.